The van der Waals surface area contributed by atoms with E-state index in [0.717, 1.165) is 65.3 Å². The molecule has 2 heterocycles. The molecular formula is C12H25Cl2N3O2. The number of hydrogen-bond donors (Lipinski definition) is 2. The molecule has 1 amide bonds. The van der Waals surface area contributed by atoms with Crippen LogP contribution in [0.5, 0.6) is 0 Å². The van der Waals surface area contributed by atoms with Gasteiger partial charge in [0.2, 0.25) is 5.91 Å². The Balaban J connectivity index is 0.00000162. The largest absolute Gasteiger partial charge is 0.379 e. The summed E-state index contributed by atoms with van der Waals surface area (Å²) in [6.07, 6.45) is 2.14. The Labute approximate surface area is 127 Å². The molecule has 2 aliphatic heterocycles. The second-order valence-corrected chi connectivity index (χ2v) is 4.79. The second kappa shape index (κ2) is 10.7. The molecule has 1 unspecified atom stereocenters. The summed E-state index contributed by atoms with van der Waals surface area (Å²) in [6, 6.07) is 0. The topological polar surface area (TPSA) is 53.6 Å². The number of carbonyl (C=O) groups is 1. The summed E-state index contributed by atoms with van der Waals surface area (Å²) in [7, 11) is 0. The Morgan fingerprint density at radius 1 is 1.32 bits per heavy atom. The van der Waals surface area contributed by atoms with Crippen LogP contribution in [-0.2, 0) is 9.53 Å². The monoisotopic (exact) mass is 313 g/mol. The smallest absolute Gasteiger partial charge is 0.224 e. The third kappa shape index (κ3) is 6.77. The summed E-state index contributed by atoms with van der Waals surface area (Å²) in [6.45, 7) is 7.20. The van der Waals surface area contributed by atoms with Crippen LogP contribution in [0.15, 0.2) is 0 Å². The molecule has 2 fully saturated rings. The van der Waals surface area contributed by atoms with E-state index < -0.39 is 0 Å². The maximum absolute atomic E-state index is 11.8. The quantitative estimate of drug-likeness (QED) is 0.783. The van der Waals surface area contributed by atoms with E-state index >= 15 is 0 Å². The van der Waals surface area contributed by atoms with Crippen LogP contribution in [0.1, 0.15) is 12.8 Å². The van der Waals surface area contributed by atoms with E-state index in [4.69, 9.17) is 4.74 Å². The molecule has 1 atom stereocenters. The Kier molecular flexibility index (Phi) is 10.6. The van der Waals surface area contributed by atoms with Crippen molar-refractivity contribution in [2.45, 2.75) is 12.8 Å². The highest BCUT2D eigenvalue weighted by Gasteiger charge is 2.20. The molecule has 0 bridgehead atoms. The molecule has 0 aromatic carbocycles. The maximum Gasteiger partial charge on any atom is 0.224 e. The van der Waals surface area contributed by atoms with Gasteiger partial charge in [-0.15, -0.1) is 24.8 Å². The summed E-state index contributed by atoms with van der Waals surface area (Å²) in [5.41, 5.74) is 0. The van der Waals surface area contributed by atoms with E-state index in [2.05, 4.69) is 15.5 Å². The van der Waals surface area contributed by atoms with Crippen molar-refractivity contribution in [3.8, 4) is 0 Å². The zero-order valence-corrected chi connectivity index (χ0v) is 12.9. The molecule has 114 valence electrons. The van der Waals surface area contributed by atoms with Crippen molar-refractivity contribution >= 4 is 30.7 Å². The normalized spacial score (nSPS) is 23.9. The van der Waals surface area contributed by atoms with E-state index in [1.807, 2.05) is 0 Å². The predicted molar refractivity (Wildman–Crippen MR) is 80.4 cm³/mol. The van der Waals surface area contributed by atoms with Crippen LogP contribution in [0.3, 0.4) is 0 Å². The van der Waals surface area contributed by atoms with Gasteiger partial charge in [-0.3, -0.25) is 9.69 Å². The van der Waals surface area contributed by atoms with Crippen LogP contribution >= 0.6 is 24.8 Å². The van der Waals surface area contributed by atoms with E-state index in [1.165, 1.54) is 0 Å². The Morgan fingerprint density at radius 2 is 2.05 bits per heavy atom. The minimum Gasteiger partial charge on any atom is -0.379 e. The fourth-order valence-electron chi connectivity index (χ4n) is 2.38. The minimum absolute atomic E-state index is 0. The number of nitrogens with one attached hydrogen (secondary N) is 2. The van der Waals surface area contributed by atoms with Crippen LogP contribution in [0.25, 0.3) is 0 Å². The summed E-state index contributed by atoms with van der Waals surface area (Å²) < 4.78 is 5.29. The number of morpholine rings is 1. The molecule has 2 aliphatic rings. The second-order valence-electron chi connectivity index (χ2n) is 4.79. The van der Waals surface area contributed by atoms with Gasteiger partial charge < -0.3 is 15.4 Å². The molecule has 0 saturated carbocycles. The molecule has 2 saturated heterocycles. The van der Waals surface area contributed by atoms with Gasteiger partial charge in [-0.1, -0.05) is 0 Å². The summed E-state index contributed by atoms with van der Waals surface area (Å²) in [5.74, 6) is 0.388. The zero-order valence-electron chi connectivity index (χ0n) is 11.2. The van der Waals surface area contributed by atoms with Crippen LogP contribution < -0.4 is 10.6 Å². The average Bonchev–Trinajstić information content (AvgIpc) is 2.41. The van der Waals surface area contributed by atoms with Gasteiger partial charge in [-0.05, 0) is 19.4 Å². The number of rotatable bonds is 4. The average molecular weight is 314 g/mol. The first kappa shape index (κ1) is 18.9. The first-order chi connectivity index (χ1) is 8.36. The predicted octanol–water partition coefficient (Wildman–Crippen LogP) is 0.278. The lowest BCUT2D eigenvalue weighted by Crippen LogP contribution is -2.44. The summed E-state index contributed by atoms with van der Waals surface area (Å²) >= 11 is 0. The van der Waals surface area contributed by atoms with Gasteiger partial charge >= 0.3 is 0 Å². The first-order valence-corrected chi connectivity index (χ1v) is 6.65. The highest BCUT2D eigenvalue weighted by molar-refractivity contribution is 5.85. The van der Waals surface area contributed by atoms with Gasteiger partial charge in [0.15, 0.2) is 0 Å². The molecule has 7 heteroatoms. The van der Waals surface area contributed by atoms with Crippen molar-refractivity contribution in [3.63, 3.8) is 0 Å². The van der Waals surface area contributed by atoms with Crippen molar-refractivity contribution in [3.05, 3.63) is 0 Å². The Hall–Kier alpha value is -0.0700. The summed E-state index contributed by atoms with van der Waals surface area (Å²) in [5, 5.41) is 6.31. The number of nitrogens with zero attached hydrogens (tertiary/aromatic N) is 1. The van der Waals surface area contributed by atoms with Crippen LogP contribution in [0.2, 0.25) is 0 Å². The van der Waals surface area contributed by atoms with Crippen molar-refractivity contribution < 1.29 is 9.53 Å². The number of hydrogen-bond acceptors (Lipinski definition) is 4. The first-order valence-electron chi connectivity index (χ1n) is 6.65. The van der Waals surface area contributed by atoms with Crippen molar-refractivity contribution in [2.24, 2.45) is 5.92 Å². The standard InChI is InChI=1S/C12H23N3O2.2ClH/c16-12(11-2-1-3-13-10-11)14-4-5-15-6-8-17-9-7-15;;/h11,13H,1-10H2,(H,14,16);2*1H. The molecular weight excluding hydrogens is 289 g/mol. The number of ether oxygens (including phenoxy) is 1. The number of carbonyl (C=O) groups excluding carboxylic acids is 1. The molecule has 0 radical (unpaired) electrons. The van der Waals surface area contributed by atoms with Crippen molar-refractivity contribution in [1.82, 2.24) is 15.5 Å². The molecule has 2 N–H and O–H groups in total. The molecule has 0 aromatic heterocycles. The lowest BCUT2D eigenvalue weighted by atomic mass is 9.99. The van der Waals surface area contributed by atoms with Crippen molar-refractivity contribution in [2.75, 3.05) is 52.5 Å². The van der Waals surface area contributed by atoms with Gasteiger partial charge in [0.25, 0.3) is 0 Å². The van der Waals surface area contributed by atoms with E-state index in [9.17, 15) is 4.79 Å². The molecule has 0 aliphatic carbocycles. The number of halogens is 2. The third-order valence-electron chi connectivity index (χ3n) is 3.50. The highest BCUT2D eigenvalue weighted by atomic mass is 35.5. The van der Waals surface area contributed by atoms with Gasteiger partial charge in [0, 0.05) is 32.7 Å². The maximum atomic E-state index is 11.8. The third-order valence-corrected chi connectivity index (χ3v) is 3.50. The fourth-order valence-corrected chi connectivity index (χ4v) is 2.38. The summed E-state index contributed by atoms with van der Waals surface area (Å²) in [4.78, 5) is 14.2. The molecule has 0 aromatic rings. The minimum atomic E-state index is 0. The van der Waals surface area contributed by atoms with Crippen molar-refractivity contribution in [1.29, 1.82) is 0 Å². The lowest BCUT2D eigenvalue weighted by molar-refractivity contribution is -0.125. The van der Waals surface area contributed by atoms with Crippen LogP contribution in [-0.4, -0.2) is 63.3 Å². The Morgan fingerprint density at radius 3 is 2.68 bits per heavy atom. The fraction of sp³-hybridized carbons (Fsp3) is 0.917. The SMILES string of the molecule is Cl.Cl.O=C(NCCN1CCOCC1)C1CCCNC1. The van der Waals surface area contributed by atoms with Gasteiger partial charge in [0.05, 0.1) is 19.1 Å². The molecule has 0 spiro atoms. The van der Waals surface area contributed by atoms with Crippen LogP contribution in [0, 0.1) is 5.92 Å². The van der Waals surface area contributed by atoms with E-state index in [-0.39, 0.29) is 36.6 Å². The van der Waals surface area contributed by atoms with E-state index in [1.54, 1.807) is 0 Å². The van der Waals surface area contributed by atoms with Gasteiger partial charge in [-0.25, -0.2) is 0 Å². The van der Waals surface area contributed by atoms with E-state index in [0.29, 0.717) is 0 Å². The zero-order chi connectivity index (χ0) is 11.9. The van der Waals surface area contributed by atoms with Gasteiger partial charge in [-0.2, -0.15) is 0 Å². The number of piperidine rings is 1. The Bertz CT molecular complexity index is 245. The van der Waals surface area contributed by atoms with Gasteiger partial charge in [0.1, 0.15) is 0 Å². The molecule has 2 rings (SSSR count). The number of amides is 1. The molecule has 5 nitrogen and oxygen atoms in total. The highest BCUT2D eigenvalue weighted by Crippen LogP contribution is 2.09. The lowest BCUT2D eigenvalue weighted by Gasteiger charge is -2.27. The molecule has 19 heavy (non-hydrogen) atoms. The van der Waals surface area contributed by atoms with Crippen LogP contribution in [0.4, 0.5) is 0 Å².